The average Bonchev–Trinajstić information content (AvgIpc) is 2.89. The Morgan fingerprint density at radius 3 is 2.03 bits per heavy atom. The molecule has 1 aliphatic carbocycles. The maximum Gasteiger partial charge on any atom is 0.457 e. The van der Waals surface area contributed by atoms with Gasteiger partial charge in [0.1, 0.15) is 0 Å². The third kappa shape index (κ3) is 6.46. The Labute approximate surface area is 205 Å². The quantitative estimate of drug-likeness (QED) is 0.246. The second-order valence-corrected chi connectivity index (χ2v) is 13.4. The molecule has 2 fully saturated rings. The van der Waals surface area contributed by atoms with Crippen molar-refractivity contribution in [1.29, 1.82) is 0 Å². The van der Waals surface area contributed by atoms with Crippen LogP contribution in [0.5, 0.6) is 0 Å². The van der Waals surface area contributed by atoms with Crippen LogP contribution in [0, 0.1) is 22.7 Å². The summed E-state index contributed by atoms with van der Waals surface area (Å²) in [7, 11) is -0.0418. The molecule has 1 aliphatic heterocycles. The van der Waals surface area contributed by atoms with Crippen LogP contribution in [-0.2, 0) is 15.7 Å². The molecule has 1 unspecified atom stereocenters. The molecule has 1 aromatic carbocycles. The highest BCUT2D eigenvalue weighted by Crippen LogP contribution is 2.57. The monoisotopic (exact) mass is 454 g/mol. The normalized spacial score (nSPS) is 26.1. The molecule has 0 radical (unpaired) electrons. The number of unbranched alkanes of at least 4 members (excludes halogenated alkanes) is 2. The number of hydrogen-bond donors (Lipinski definition) is 0. The lowest BCUT2D eigenvalue weighted by Gasteiger charge is -2.54. The average molecular weight is 455 g/mol. The van der Waals surface area contributed by atoms with Crippen LogP contribution < -0.4 is 0 Å². The van der Waals surface area contributed by atoms with Gasteiger partial charge in [-0.2, -0.15) is 0 Å². The first kappa shape index (κ1) is 26.8. The van der Waals surface area contributed by atoms with E-state index in [-0.39, 0.29) is 18.3 Å². The van der Waals surface area contributed by atoms with Crippen LogP contribution in [0.15, 0.2) is 30.3 Å². The molecule has 2 nitrogen and oxygen atoms in total. The highest BCUT2D eigenvalue weighted by atomic mass is 16.7. The van der Waals surface area contributed by atoms with Crippen molar-refractivity contribution in [3.8, 4) is 0 Å². The molecular weight excluding hydrogens is 403 g/mol. The van der Waals surface area contributed by atoms with E-state index < -0.39 is 0 Å². The van der Waals surface area contributed by atoms with Gasteiger partial charge in [-0.05, 0) is 94.3 Å². The van der Waals surface area contributed by atoms with Crippen molar-refractivity contribution >= 4 is 7.12 Å². The maximum absolute atomic E-state index is 6.21. The topological polar surface area (TPSA) is 18.5 Å². The van der Waals surface area contributed by atoms with Crippen LogP contribution in [0.3, 0.4) is 0 Å². The van der Waals surface area contributed by atoms with Crippen LogP contribution in [0.25, 0.3) is 0 Å². The van der Waals surface area contributed by atoms with Crippen molar-refractivity contribution in [3.63, 3.8) is 0 Å². The van der Waals surface area contributed by atoms with Gasteiger partial charge >= 0.3 is 7.12 Å². The molecule has 3 heteroatoms. The minimum atomic E-state index is -0.209. The standard InChI is InChI=1S/C30H51BO2/c1-27(2,3)30(8,20-14-15-21-31-32-28(4,5)29(6,7)33-31)26-22-25(23-26)19-13-12-18-24-16-10-9-11-17-24/h9-11,16-17,25-26H,12-15,18-23H2,1-8H3. The Morgan fingerprint density at radius 1 is 0.848 bits per heavy atom. The summed E-state index contributed by atoms with van der Waals surface area (Å²) in [6.45, 7) is 18.6. The summed E-state index contributed by atoms with van der Waals surface area (Å²) in [5, 5.41) is 0. The van der Waals surface area contributed by atoms with E-state index in [4.69, 9.17) is 9.31 Å². The van der Waals surface area contributed by atoms with Gasteiger partial charge in [-0.1, -0.05) is 83.7 Å². The minimum Gasteiger partial charge on any atom is -0.403 e. The Bertz CT molecular complexity index is 713. The molecule has 1 atom stereocenters. The second kappa shape index (κ2) is 10.4. The summed E-state index contributed by atoms with van der Waals surface area (Å²) in [5.41, 5.74) is 1.84. The van der Waals surface area contributed by atoms with Gasteiger partial charge in [-0.15, -0.1) is 0 Å². The highest BCUT2D eigenvalue weighted by molar-refractivity contribution is 6.45. The number of hydrogen-bond acceptors (Lipinski definition) is 2. The van der Waals surface area contributed by atoms with Crippen LogP contribution in [-0.4, -0.2) is 18.3 Å². The number of aryl methyl sites for hydroxylation is 1. The van der Waals surface area contributed by atoms with E-state index >= 15 is 0 Å². The van der Waals surface area contributed by atoms with Crippen molar-refractivity contribution < 1.29 is 9.31 Å². The first-order chi connectivity index (χ1) is 15.3. The van der Waals surface area contributed by atoms with Crippen LogP contribution in [0.4, 0.5) is 0 Å². The van der Waals surface area contributed by atoms with Gasteiger partial charge in [0, 0.05) is 0 Å². The Kier molecular flexibility index (Phi) is 8.48. The van der Waals surface area contributed by atoms with Crippen molar-refractivity contribution in [2.75, 3.05) is 0 Å². The van der Waals surface area contributed by atoms with E-state index in [2.05, 4.69) is 85.7 Å². The lowest BCUT2D eigenvalue weighted by molar-refractivity contribution is -0.0465. The second-order valence-electron chi connectivity index (χ2n) is 13.4. The van der Waals surface area contributed by atoms with Gasteiger partial charge in [0.15, 0.2) is 0 Å². The molecule has 1 saturated heterocycles. The van der Waals surface area contributed by atoms with E-state index in [1.165, 1.54) is 63.4 Å². The highest BCUT2D eigenvalue weighted by Gasteiger charge is 2.51. The molecule has 0 aromatic heterocycles. The zero-order valence-corrected chi connectivity index (χ0v) is 23.0. The van der Waals surface area contributed by atoms with Gasteiger partial charge < -0.3 is 9.31 Å². The summed E-state index contributed by atoms with van der Waals surface area (Å²) in [6, 6.07) is 11.0. The lowest BCUT2D eigenvalue weighted by atomic mass is 9.51. The molecule has 0 amide bonds. The Hall–Kier alpha value is -0.795. The van der Waals surface area contributed by atoms with E-state index in [9.17, 15) is 0 Å². The molecule has 0 bridgehead atoms. The summed E-state index contributed by atoms with van der Waals surface area (Å²) in [4.78, 5) is 0. The molecule has 1 saturated carbocycles. The first-order valence-electron chi connectivity index (χ1n) is 13.7. The van der Waals surface area contributed by atoms with E-state index in [0.717, 1.165) is 18.2 Å². The minimum absolute atomic E-state index is 0.0418. The molecule has 2 aliphatic rings. The van der Waals surface area contributed by atoms with Crippen LogP contribution in [0.1, 0.15) is 112 Å². The Balaban J connectivity index is 1.38. The SMILES string of the molecule is CC(C)(C)C(C)(CCCCB1OC(C)(C)C(C)(C)O1)C1CC(CCCCc2ccccc2)C1. The molecule has 1 aromatic rings. The molecule has 1 heterocycles. The summed E-state index contributed by atoms with van der Waals surface area (Å²) in [5.74, 6) is 1.84. The molecule has 186 valence electrons. The zero-order valence-electron chi connectivity index (χ0n) is 23.0. The summed E-state index contributed by atoms with van der Waals surface area (Å²) in [6.07, 6.45) is 13.1. The molecule has 0 spiro atoms. The van der Waals surface area contributed by atoms with Crippen molar-refractivity contribution in [1.82, 2.24) is 0 Å². The van der Waals surface area contributed by atoms with E-state index in [1.807, 2.05) is 0 Å². The molecule has 3 rings (SSSR count). The fourth-order valence-electron chi connectivity index (χ4n) is 5.98. The maximum atomic E-state index is 6.21. The summed E-state index contributed by atoms with van der Waals surface area (Å²) >= 11 is 0. The number of benzene rings is 1. The van der Waals surface area contributed by atoms with Gasteiger partial charge in [0.2, 0.25) is 0 Å². The van der Waals surface area contributed by atoms with Crippen molar-refractivity contribution in [3.05, 3.63) is 35.9 Å². The Morgan fingerprint density at radius 2 is 1.45 bits per heavy atom. The zero-order chi connectivity index (χ0) is 24.3. The summed E-state index contributed by atoms with van der Waals surface area (Å²) < 4.78 is 12.4. The largest absolute Gasteiger partial charge is 0.457 e. The van der Waals surface area contributed by atoms with E-state index in [0.29, 0.717) is 10.8 Å². The molecular formula is C30H51BO2. The predicted molar refractivity (Wildman–Crippen MR) is 143 cm³/mol. The third-order valence-electron chi connectivity index (χ3n) is 9.71. The van der Waals surface area contributed by atoms with Gasteiger partial charge in [0.25, 0.3) is 0 Å². The van der Waals surface area contributed by atoms with Gasteiger partial charge in [-0.3, -0.25) is 0 Å². The lowest BCUT2D eigenvalue weighted by Crippen LogP contribution is -2.45. The van der Waals surface area contributed by atoms with E-state index in [1.54, 1.807) is 0 Å². The van der Waals surface area contributed by atoms with Crippen LogP contribution >= 0.6 is 0 Å². The fraction of sp³-hybridized carbons (Fsp3) is 0.800. The first-order valence-corrected chi connectivity index (χ1v) is 13.7. The third-order valence-corrected chi connectivity index (χ3v) is 9.71. The molecule has 33 heavy (non-hydrogen) atoms. The van der Waals surface area contributed by atoms with Crippen LogP contribution in [0.2, 0.25) is 6.32 Å². The fourth-order valence-corrected chi connectivity index (χ4v) is 5.98. The number of rotatable bonds is 11. The molecule has 0 N–H and O–H groups in total. The predicted octanol–water partition coefficient (Wildman–Crippen LogP) is 8.74. The van der Waals surface area contributed by atoms with Gasteiger partial charge in [0.05, 0.1) is 11.2 Å². The van der Waals surface area contributed by atoms with Gasteiger partial charge in [-0.25, -0.2) is 0 Å². The van der Waals surface area contributed by atoms with Crippen molar-refractivity contribution in [2.24, 2.45) is 22.7 Å². The van der Waals surface area contributed by atoms with Crippen molar-refractivity contribution in [2.45, 2.75) is 131 Å². The smallest absolute Gasteiger partial charge is 0.403 e.